The van der Waals surface area contributed by atoms with E-state index in [0.717, 1.165) is 22.6 Å². The van der Waals surface area contributed by atoms with Gasteiger partial charge in [0, 0.05) is 23.1 Å². The molecule has 0 aliphatic carbocycles. The number of ether oxygens (including phenoxy) is 1. The van der Waals surface area contributed by atoms with Gasteiger partial charge in [0.05, 0.1) is 5.69 Å². The first kappa shape index (κ1) is 21.0. The number of carbonyl (C=O) groups excluding carboxylic acids is 1. The highest BCUT2D eigenvalue weighted by molar-refractivity contribution is 5.99. The van der Waals surface area contributed by atoms with Crippen LogP contribution in [0.1, 0.15) is 22.5 Å². The predicted octanol–water partition coefficient (Wildman–Crippen LogP) is 5.33. The van der Waals surface area contributed by atoms with Crippen LogP contribution in [0.2, 0.25) is 0 Å². The Morgan fingerprint density at radius 2 is 1.56 bits per heavy atom. The lowest BCUT2D eigenvalue weighted by atomic mass is 10.1. The Morgan fingerprint density at radius 1 is 0.844 bits per heavy atom. The molecule has 8 heteroatoms. The second kappa shape index (κ2) is 8.89. The first-order valence-corrected chi connectivity index (χ1v) is 10.1. The summed E-state index contributed by atoms with van der Waals surface area (Å²) in [4.78, 5) is 25.0. The number of benzene rings is 2. The largest absolute Gasteiger partial charge is 0.439 e. The van der Waals surface area contributed by atoms with Gasteiger partial charge < -0.3 is 15.4 Å². The summed E-state index contributed by atoms with van der Waals surface area (Å²) in [6.07, 6.45) is 3.17. The second-order valence-corrected chi connectivity index (χ2v) is 7.50. The number of carbonyl (C=O) groups is 1. The maximum absolute atomic E-state index is 12.3. The molecule has 0 spiro atoms. The average Bonchev–Trinajstić information content (AvgIpc) is 3.11. The highest BCUT2D eigenvalue weighted by atomic mass is 16.5. The zero-order chi connectivity index (χ0) is 22.7. The molecule has 8 nitrogen and oxygen atoms in total. The van der Waals surface area contributed by atoms with E-state index in [4.69, 9.17) is 4.74 Å². The van der Waals surface area contributed by atoms with Crippen LogP contribution in [-0.2, 0) is 0 Å². The third kappa shape index (κ3) is 4.75. The van der Waals surface area contributed by atoms with Gasteiger partial charge in [0.1, 0.15) is 24.2 Å². The first-order valence-electron chi connectivity index (χ1n) is 10.1. The van der Waals surface area contributed by atoms with E-state index in [0.29, 0.717) is 23.1 Å². The first-order chi connectivity index (χ1) is 15.4. The molecule has 4 rings (SSSR count). The summed E-state index contributed by atoms with van der Waals surface area (Å²) in [5.41, 5.74) is 5.63. The lowest BCUT2D eigenvalue weighted by Crippen LogP contribution is -2.19. The smallest absolute Gasteiger partial charge is 0.323 e. The molecule has 0 atom stereocenters. The zero-order valence-corrected chi connectivity index (χ0v) is 18.4. The van der Waals surface area contributed by atoms with Crippen molar-refractivity contribution < 1.29 is 9.53 Å². The van der Waals surface area contributed by atoms with Crippen LogP contribution in [0.25, 0.3) is 5.82 Å². The predicted molar refractivity (Wildman–Crippen MR) is 124 cm³/mol. The Bertz CT molecular complexity index is 1260. The molecule has 0 radical (unpaired) electrons. The molecule has 162 valence electrons. The van der Waals surface area contributed by atoms with E-state index in [1.807, 2.05) is 50.5 Å². The van der Waals surface area contributed by atoms with E-state index >= 15 is 0 Å². The summed E-state index contributed by atoms with van der Waals surface area (Å²) < 4.78 is 7.73. The van der Waals surface area contributed by atoms with Crippen molar-refractivity contribution in [2.75, 3.05) is 10.6 Å². The summed E-state index contributed by atoms with van der Waals surface area (Å²) in [6, 6.07) is 14.3. The van der Waals surface area contributed by atoms with Crippen LogP contribution in [0, 0.1) is 27.7 Å². The van der Waals surface area contributed by atoms with Crippen molar-refractivity contribution in [2.24, 2.45) is 0 Å². The molecular formula is C24H24N6O2. The van der Waals surface area contributed by atoms with Gasteiger partial charge in [-0.25, -0.2) is 19.7 Å². The number of hydrogen-bond acceptors (Lipinski definition) is 5. The molecule has 2 aromatic heterocycles. The fourth-order valence-electron chi connectivity index (χ4n) is 3.09. The summed E-state index contributed by atoms with van der Waals surface area (Å²) in [5.74, 6) is 1.68. The van der Waals surface area contributed by atoms with Gasteiger partial charge in [-0.15, -0.1) is 0 Å². The van der Waals surface area contributed by atoms with Gasteiger partial charge in [0.2, 0.25) is 5.88 Å². The molecule has 0 unspecified atom stereocenters. The Hall–Kier alpha value is -4.20. The van der Waals surface area contributed by atoms with Crippen LogP contribution in [0.5, 0.6) is 11.6 Å². The zero-order valence-electron chi connectivity index (χ0n) is 18.4. The number of aryl methyl sites for hydroxylation is 3. The molecule has 2 amide bonds. The number of hydrogen-bond donors (Lipinski definition) is 2. The van der Waals surface area contributed by atoms with E-state index in [9.17, 15) is 4.79 Å². The molecule has 0 aliphatic rings. The fraction of sp³-hybridized carbons (Fsp3) is 0.167. The Morgan fingerprint density at radius 3 is 2.25 bits per heavy atom. The molecule has 2 heterocycles. The minimum Gasteiger partial charge on any atom is -0.439 e. The van der Waals surface area contributed by atoms with Crippen molar-refractivity contribution in [1.29, 1.82) is 0 Å². The maximum atomic E-state index is 12.3. The van der Waals surface area contributed by atoms with Crippen molar-refractivity contribution in [3.63, 3.8) is 0 Å². The fourth-order valence-corrected chi connectivity index (χ4v) is 3.09. The lowest BCUT2D eigenvalue weighted by Gasteiger charge is -2.10. The molecule has 32 heavy (non-hydrogen) atoms. The Balaban J connectivity index is 1.39. The van der Waals surface area contributed by atoms with Crippen LogP contribution in [0.4, 0.5) is 16.2 Å². The quantitative estimate of drug-likeness (QED) is 0.448. The summed E-state index contributed by atoms with van der Waals surface area (Å²) in [7, 11) is 0. The molecule has 2 aromatic carbocycles. The monoisotopic (exact) mass is 428 g/mol. The summed E-state index contributed by atoms with van der Waals surface area (Å²) >= 11 is 0. The molecule has 0 bridgehead atoms. The molecule has 0 saturated carbocycles. The minimum absolute atomic E-state index is 0.312. The van der Waals surface area contributed by atoms with Gasteiger partial charge >= 0.3 is 6.03 Å². The summed E-state index contributed by atoms with van der Waals surface area (Å²) in [6.45, 7) is 7.97. The number of rotatable bonds is 5. The number of nitrogens with one attached hydrogen (secondary N) is 2. The van der Waals surface area contributed by atoms with Crippen LogP contribution < -0.4 is 15.4 Å². The number of amides is 2. The SMILES string of the molecule is Cc1ccc(NC(=O)Nc2ccc(Oc3cc(-n4cnc(C)c4C)ncn3)cc2)cc1C. The number of anilines is 2. The number of urea groups is 1. The molecule has 2 N–H and O–H groups in total. The molecule has 4 aromatic rings. The van der Waals surface area contributed by atoms with Crippen LogP contribution in [-0.4, -0.2) is 25.6 Å². The minimum atomic E-state index is -0.312. The normalized spacial score (nSPS) is 10.6. The van der Waals surface area contributed by atoms with Crippen molar-refractivity contribution in [1.82, 2.24) is 19.5 Å². The molecule has 0 saturated heterocycles. The molecule has 0 fully saturated rings. The van der Waals surface area contributed by atoms with Crippen molar-refractivity contribution in [2.45, 2.75) is 27.7 Å². The van der Waals surface area contributed by atoms with Crippen molar-refractivity contribution in [3.8, 4) is 17.4 Å². The average molecular weight is 428 g/mol. The van der Waals surface area contributed by atoms with Crippen molar-refractivity contribution in [3.05, 3.63) is 83.7 Å². The van der Waals surface area contributed by atoms with Gasteiger partial charge in [0.15, 0.2) is 0 Å². The third-order valence-electron chi connectivity index (χ3n) is 5.23. The highest BCUT2D eigenvalue weighted by Crippen LogP contribution is 2.23. The van der Waals surface area contributed by atoms with E-state index < -0.39 is 0 Å². The van der Waals surface area contributed by atoms with Gasteiger partial charge in [-0.3, -0.25) is 4.57 Å². The Kier molecular flexibility index (Phi) is 5.85. The van der Waals surface area contributed by atoms with Gasteiger partial charge in [0.25, 0.3) is 0 Å². The molecule has 0 aliphatic heterocycles. The van der Waals surface area contributed by atoms with Gasteiger partial charge in [-0.2, -0.15) is 0 Å². The molecular weight excluding hydrogens is 404 g/mol. The highest BCUT2D eigenvalue weighted by Gasteiger charge is 2.09. The van der Waals surface area contributed by atoms with E-state index in [-0.39, 0.29) is 6.03 Å². The van der Waals surface area contributed by atoms with Crippen molar-refractivity contribution >= 4 is 17.4 Å². The van der Waals surface area contributed by atoms with Gasteiger partial charge in [-0.1, -0.05) is 6.07 Å². The van der Waals surface area contributed by atoms with Gasteiger partial charge in [-0.05, 0) is 75.2 Å². The van der Waals surface area contributed by atoms with E-state index in [1.54, 1.807) is 36.7 Å². The summed E-state index contributed by atoms with van der Waals surface area (Å²) in [5, 5.41) is 5.65. The number of nitrogens with zero attached hydrogens (tertiary/aromatic N) is 4. The second-order valence-electron chi connectivity index (χ2n) is 7.50. The van der Waals surface area contributed by atoms with E-state index in [1.165, 1.54) is 11.9 Å². The third-order valence-corrected chi connectivity index (χ3v) is 5.23. The lowest BCUT2D eigenvalue weighted by molar-refractivity contribution is 0.262. The topological polar surface area (TPSA) is 94.0 Å². The van der Waals surface area contributed by atoms with Crippen LogP contribution >= 0.6 is 0 Å². The standard InChI is InChI=1S/C24H24N6O2/c1-15-5-6-20(11-16(15)2)29-24(31)28-19-7-9-21(10-8-19)32-23-12-22(25-13-26-23)30-14-27-17(3)18(30)4/h5-14H,1-4H3,(H2,28,29,31). The van der Waals surface area contributed by atoms with Crippen LogP contribution in [0.15, 0.2) is 61.2 Å². The number of imidazole rings is 1. The maximum Gasteiger partial charge on any atom is 0.323 e. The number of aromatic nitrogens is 4. The Labute approximate surface area is 186 Å². The van der Waals surface area contributed by atoms with E-state index in [2.05, 4.69) is 25.6 Å². The van der Waals surface area contributed by atoms with Crippen LogP contribution in [0.3, 0.4) is 0 Å².